The topological polar surface area (TPSA) is 39.2 Å². The van der Waals surface area contributed by atoms with Gasteiger partial charge in [-0.25, -0.2) is 4.79 Å². The minimum Gasteiger partial charge on any atom is -0.465 e. The molecule has 0 fully saturated rings. The maximum atomic E-state index is 11.6. The van der Waals surface area contributed by atoms with Crippen molar-refractivity contribution >= 4 is 21.9 Å². The zero-order valence-electron chi connectivity index (χ0n) is 10.1. The minimum absolute atomic E-state index is 0.342. The number of methoxy groups -OCH3 is 1. The molecule has 0 amide bonds. The third-order valence-electron chi connectivity index (χ3n) is 2.76. The number of aromatic nitrogens is 1. The molecule has 0 unspecified atom stereocenters. The van der Waals surface area contributed by atoms with E-state index in [4.69, 9.17) is 4.74 Å². The highest BCUT2D eigenvalue weighted by atomic mass is 79.9. The molecule has 0 saturated carbocycles. The van der Waals surface area contributed by atoms with Gasteiger partial charge in [-0.2, -0.15) is 0 Å². The summed E-state index contributed by atoms with van der Waals surface area (Å²) < 4.78 is 5.64. The fourth-order valence-corrected chi connectivity index (χ4v) is 2.21. The van der Waals surface area contributed by atoms with Crippen molar-refractivity contribution in [2.24, 2.45) is 0 Å². The summed E-state index contributed by atoms with van der Waals surface area (Å²) in [6.07, 6.45) is 3.46. The molecule has 0 aliphatic rings. The monoisotopic (exact) mass is 305 g/mol. The number of ether oxygens (including phenoxy) is 1. The first-order valence-corrected chi connectivity index (χ1v) is 6.21. The molecule has 4 heteroatoms. The lowest BCUT2D eigenvalue weighted by Crippen LogP contribution is -2.02. The predicted molar refractivity (Wildman–Crippen MR) is 73.4 cm³/mol. The lowest BCUT2D eigenvalue weighted by Gasteiger charge is -2.10. The molecule has 1 aromatic heterocycles. The van der Waals surface area contributed by atoms with Gasteiger partial charge in [0, 0.05) is 16.9 Å². The first-order valence-electron chi connectivity index (χ1n) is 5.42. The first-order chi connectivity index (χ1) is 8.63. The van der Waals surface area contributed by atoms with Crippen molar-refractivity contribution in [1.29, 1.82) is 0 Å². The number of pyridine rings is 1. The summed E-state index contributed by atoms with van der Waals surface area (Å²) in [7, 11) is 1.38. The third-order valence-corrected chi connectivity index (χ3v) is 3.58. The van der Waals surface area contributed by atoms with Crippen molar-refractivity contribution < 1.29 is 9.53 Å². The van der Waals surface area contributed by atoms with Crippen LogP contribution in [0.15, 0.2) is 41.1 Å². The molecule has 92 valence electrons. The molecule has 0 spiro atoms. The van der Waals surface area contributed by atoms with Crippen LogP contribution in [-0.2, 0) is 4.74 Å². The van der Waals surface area contributed by atoms with Crippen LogP contribution >= 0.6 is 15.9 Å². The van der Waals surface area contributed by atoms with Gasteiger partial charge in [-0.15, -0.1) is 0 Å². The van der Waals surface area contributed by atoms with E-state index < -0.39 is 0 Å². The lowest BCUT2D eigenvalue weighted by atomic mass is 9.99. The summed E-state index contributed by atoms with van der Waals surface area (Å²) in [5.41, 5.74) is 3.62. The summed E-state index contributed by atoms with van der Waals surface area (Å²) in [6, 6.07) is 7.43. The van der Waals surface area contributed by atoms with Gasteiger partial charge < -0.3 is 4.74 Å². The molecule has 0 aliphatic heterocycles. The average Bonchev–Trinajstić information content (AvgIpc) is 2.41. The van der Waals surface area contributed by atoms with E-state index in [1.807, 2.05) is 25.1 Å². The van der Waals surface area contributed by atoms with Crippen LogP contribution in [0.5, 0.6) is 0 Å². The van der Waals surface area contributed by atoms with Gasteiger partial charge in [-0.1, -0.05) is 15.9 Å². The van der Waals surface area contributed by atoms with Gasteiger partial charge in [0.2, 0.25) is 0 Å². The van der Waals surface area contributed by atoms with E-state index in [1.54, 1.807) is 18.5 Å². The highest BCUT2D eigenvalue weighted by Crippen LogP contribution is 2.30. The van der Waals surface area contributed by atoms with E-state index in [2.05, 4.69) is 20.9 Å². The second kappa shape index (κ2) is 5.31. The van der Waals surface area contributed by atoms with Gasteiger partial charge in [-0.3, -0.25) is 4.98 Å². The van der Waals surface area contributed by atoms with E-state index >= 15 is 0 Å². The van der Waals surface area contributed by atoms with E-state index in [-0.39, 0.29) is 5.97 Å². The maximum Gasteiger partial charge on any atom is 0.337 e. The second-order valence-corrected chi connectivity index (χ2v) is 4.71. The highest BCUT2D eigenvalue weighted by Gasteiger charge is 2.12. The van der Waals surface area contributed by atoms with Crippen molar-refractivity contribution in [3.05, 3.63) is 52.3 Å². The summed E-state index contributed by atoms with van der Waals surface area (Å²) in [5.74, 6) is -0.342. The molecule has 0 N–H and O–H groups in total. The summed E-state index contributed by atoms with van der Waals surface area (Å²) in [4.78, 5) is 15.6. The van der Waals surface area contributed by atoms with Crippen molar-refractivity contribution in [3.8, 4) is 11.1 Å². The molecule has 1 heterocycles. The largest absolute Gasteiger partial charge is 0.465 e. The Morgan fingerprint density at radius 1 is 1.28 bits per heavy atom. The smallest absolute Gasteiger partial charge is 0.337 e. The zero-order chi connectivity index (χ0) is 13.1. The number of esters is 1. The number of carbonyl (C=O) groups is 1. The Kier molecular flexibility index (Phi) is 3.77. The highest BCUT2D eigenvalue weighted by molar-refractivity contribution is 9.10. The number of benzene rings is 1. The first kappa shape index (κ1) is 12.8. The van der Waals surface area contributed by atoms with E-state index in [0.29, 0.717) is 5.56 Å². The number of hydrogen-bond acceptors (Lipinski definition) is 3. The number of carbonyl (C=O) groups excluding carboxylic acids is 1. The van der Waals surface area contributed by atoms with E-state index in [1.165, 1.54) is 7.11 Å². The van der Waals surface area contributed by atoms with Gasteiger partial charge in [0.05, 0.1) is 12.7 Å². The minimum atomic E-state index is -0.342. The van der Waals surface area contributed by atoms with Crippen molar-refractivity contribution in [2.45, 2.75) is 6.92 Å². The van der Waals surface area contributed by atoms with Crippen LogP contribution in [0.4, 0.5) is 0 Å². The summed E-state index contributed by atoms with van der Waals surface area (Å²) in [5, 5.41) is 0. The number of nitrogens with zero attached hydrogens (tertiary/aromatic N) is 1. The van der Waals surface area contributed by atoms with Crippen molar-refractivity contribution in [2.75, 3.05) is 7.11 Å². The average molecular weight is 306 g/mol. The van der Waals surface area contributed by atoms with Crippen LogP contribution in [0, 0.1) is 6.92 Å². The van der Waals surface area contributed by atoms with Crippen LogP contribution < -0.4 is 0 Å². The van der Waals surface area contributed by atoms with Crippen LogP contribution in [0.25, 0.3) is 11.1 Å². The number of halogens is 1. The van der Waals surface area contributed by atoms with Crippen molar-refractivity contribution in [1.82, 2.24) is 4.98 Å². The molecule has 1 aromatic carbocycles. The Morgan fingerprint density at radius 3 is 2.56 bits per heavy atom. The summed E-state index contributed by atoms with van der Waals surface area (Å²) in [6.45, 7) is 2.00. The van der Waals surface area contributed by atoms with Gasteiger partial charge >= 0.3 is 5.97 Å². The van der Waals surface area contributed by atoms with Gasteiger partial charge in [0.15, 0.2) is 0 Å². The maximum absolute atomic E-state index is 11.6. The molecule has 0 saturated heterocycles. The SMILES string of the molecule is COC(=O)c1cc(Br)c(C)c(-c2ccncc2)c1. The van der Waals surface area contributed by atoms with Gasteiger partial charge in [-0.05, 0) is 47.9 Å². The van der Waals surface area contributed by atoms with Crippen molar-refractivity contribution in [3.63, 3.8) is 0 Å². The van der Waals surface area contributed by atoms with Crippen LogP contribution in [-0.4, -0.2) is 18.1 Å². The molecule has 2 rings (SSSR count). The molecule has 3 nitrogen and oxygen atoms in total. The third kappa shape index (κ3) is 2.43. The Labute approximate surface area is 114 Å². The fraction of sp³-hybridized carbons (Fsp3) is 0.143. The molecule has 2 aromatic rings. The standard InChI is InChI=1S/C14H12BrNO2/c1-9-12(10-3-5-16-6-4-10)7-11(8-13(9)15)14(17)18-2/h3-8H,1-2H3. The molecule has 0 bridgehead atoms. The second-order valence-electron chi connectivity index (χ2n) is 3.86. The van der Waals surface area contributed by atoms with Gasteiger partial charge in [0.1, 0.15) is 0 Å². The molecular weight excluding hydrogens is 294 g/mol. The molecular formula is C14H12BrNO2. The quantitative estimate of drug-likeness (QED) is 0.796. The molecule has 0 radical (unpaired) electrons. The Bertz CT molecular complexity index is 582. The normalized spacial score (nSPS) is 10.2. The molecule has 0 atom stereocenters. The van der Waals surface area contributed by atoms with Crippen LogP contribution in [0.3, 0.4) is 0 Å². The Morgan fingerprint density at radius 2 is 1.94 bits per heavy atom. The number of hydrogen-bond donors (Lipinski definition) is 0. The van der Waals surface area contributed by atoms with E-state index in [9.17, 15) is 4.79 Å². The Hall–Kier alpha value is -1.68. The Balaban J connectivity index is 2.60. The fourth-order valence-electron chi connectivity index (χ4n) is 1.75. The molecule has 0 aliphatic carbocycles. The molecule has 18 heavy (non-hydrogen) atoms. The van der Waals surface area contributed by atoms with Crippen LogP contribution in [0.2, 0.25) is 0 Å². The summed E-state index contributed by atoms with van der Waals surface area (Å²) >= 11 is 3.47. The number of rotatable bonds is 2. The van der Waals surface area contributed by atoms with Gasteiger partial charge in [0.25, 0.3) is 0 Å². The predicted octanol–water partition coefficient (Wildman–Crippen LogP) is 3.61. The van der Waals surface area contributed by atoms with Crippen LogP contribution in [0.1, 0.15) is 15.9 Å². The van der Waals surface area contributed by atoms with E-state index in [0.717, 1.165) is 21.2 Å². The lowest BCUT2D eigenvalue weighted by molar-refractivity contribution is 0.0600. The zero-order valence-corrected chi connectivity index (χ0v) is 11.7.